The van der Waals surface area contributed by atoms with Crippen molar-refractivity contribution in [2.24, 2.45) is 5.92 Å². The maximum Gasteiger partial charge on any atom is 0.259 e. The molecule has 0 unspecified atom stereocenters. The van der Waals surface area contributed by atoms with E-state index in [-0.39, 0.29) is 17.6 Å². The number of amides is 1. The van der Waals surface area contributed by atoms with Crippen LogP contribution in [-0.2, 0) is 6.42 Å². The lowest BCUT2D eigenvalue weighted by atomic mass is 9.91. The van der Waals surface area contributed by atoms with Gasteiger partial charge in [-0.1, -0.05) is 6.07 Å². The van der Waals surface area contributed by atoms with Crippen molar-refractivity contribution in [1.29, 1.82) is 0 Å². The first-order chi connectivity index (χ1) is 12.0. The van der Waals surface area contributed by atoms with Crippen LogP contribution < -0.4 is 5.73 Å². The average molecular weight is 344 g/mol. The average Bonchev–Trinajstić information content (AvgIpc) is 3.38. The molecule has 7 heteroatoms. The minimum Gasteiger partial charge on any atom is -0.383 e. The Balaban J connectivity index is 1.36. The van der Waals surface area contributed by atoms with E-state index in [2.05, 4.69) is 9.97 Å². The third kappa shape index (κ3) is 3.18. The fourth-order valence-corrected chi connectivity index (χ4v) is 3.15. The van der Waals surface area contributed by atoms with Gasteiger partial charge in [-0.3, -0.25) is 4.79 Å². The number of likely N-dealkylation sites (tertiary alicyclic amines) is 1. The normalized spacial score (nSPS) is 17.4. The van der Waals surface area contributed by atoms with Crippen LogP contribution in [0.5, 0.6) is 0 Å². The summed E-state index contributed by atoms with van der Waals surface area (Å²) in [6.07, 6.45) is 4.27. The van der Waals surface area contributed by atoms with E-state index in [0.29, 0.717) is 36.8 Å². The summed E-state index contributed by atoms with van der Waals surface area (Å²) >= 11 is 0. The zero-order valence-corrected chi connectivity index (χ0v) is 13.6. The second-order valence-corrected chi connectivity index (χ2v) is 6.83. The van der Waals surface area contributed by atoms with Gasteiger partial charge in [-0.25, -0.2) is 18.7 Å². The molecule has 4 rings (SSSR count). The number of nitrogens with zero attached hydrogens (tertiary/aromatic N) is 3. The molecule has 1 aliphatic heterocycles. The van der Waals surface area contributed by atoms with Crippen molar-refractivity contribution in [2.75, 3.05) is 18.8 Å². The number of hydrogen-bond donors (Lipinski definition) is 1. The number of carbonyl (C=O) groups is 1. The molecule has 2 heterocycles. The highest BCUT2D eigenvalue weighted by atomic mass is 19.2. The van der Waals surface area contributed by atoms with Gasteiger partial charge in [0.25, 0.3) is 5.91 Å². The van der Waals surface area contributed by atoms with E-state index in [1.165, 1.54) is 12.3 Å². The Hall–Kier alpha value is -2.57. The van der Waals surface area contributed by atoms with Crippen LogP contribution in [0.3, 0.4) is 0 Å². The van der Waals surface area contributed by atoms with E-state index >= 15 is 0 Å². The van der Waals surface area contributed by atoms with Gasteiger partial charge in [-0.15, -0.1) is 0 Å². The molecule has 1 amide bonds. The Morgan fingerprint density at radius 3 is 2.64 bits per heavy atom. The first-order valence-corrected chi connectivity index (χ1v) is 8.37. The van der Waals surface area contributed by atoms with Gasteiger partial charge in [0.15, 0.2) is 11.6 Å². The van der Waals surface area contributed by atoms with Crippen molar-refractivity contribution >= 4 is 11.7 Å². The zero-order valence-electron chi connectivity index (χ0n) is 13.6. The molecule has 0 bridgehead atoms. The van der Waals surface area contributed by atoms with Gasteiger partial charge in [0, 0.05) is 25.2 Å². The molecule has 0 atom stereocenters. The van der Waals surface area contributed by atoms with Crippen LogP contribution in [0.15, 0.2) is 24.4 Å². The lowest BCUT2D eigenvalue weighted by Crippen LogP contribution is -2.51. The predicted octanol–water partition coefficient (Wildman–Crippen LogP) is 2.53. The molecule has 5 nitrogen and oxygen atoms in total. The van der Waals surface area contributed by atoms with E-state index in [4.69, 9.17) is 5.73 Å². The molecule has 1 aliphatic carbocycles. The van der Waals surface area contributed by atoms with Crippen molar-refractivity contribution < 1.29 is 13.6 Å². The molecule has 2 fully saturated rings. The fraction of sp³-hybridized carbons (Fsp3) is 0.389. The topological polar surface area (TPSA) is 72.1 Å². The van der Waals surface area contributed by atoms with Crippen molar-refractivity contribution in [3.05, 3.63) is 53.0 Å². The second kappa shape index (κ2) is 6.06. The van der Waals surface area contributed by atoms with Crippen LogP contribution >= 0.6 is 0 Å². The first kappa shape index (κ1) is 15.9. The largest absolute Gasteiger partial charge is 0.383 e. The summed E-state index contributed by atoms with van der Waals surface area (Å²) < 4.78 is 26.2. The summed E-state index contributed by atoms with van der Waals surface area (Å²) in [5, 5.41) is 0. The van der Waals surface area contributed by atoms with E-state index in [0.717, 1.165) is 24.5 Å². The zero-order chi connectivity index (χ0) is 17.6. The van der Waals surface area contributed by atoms with Crippen LogP contribution in [0.1, 0.15) is 40.5 Å². The van der Waals surface area contributed by atoms with E-state index in [1.54, 1.807) is 11.0 Å². The lowest BCUT2D eigenvalue weighted by Gasteiger charge is -2.39. The molecule has 0 radical (unpaired) electrons. The molecule has 25 heavy (non-hydrogen) atoms. The van der Waals surface area contributed by atoms with Crippen molar-refractivity contribution in [2.45, 2.75) is 25.2 Å². The Kier molecular flexibility index (Phi) is 3.86. The maximum absolute atomic E-state index is 13.2. The van der Waals surface area contributed by atoms with Crippen LogP contribution in [-0.4, -0.2) is 33.9 Å². The number of nitrogen functional groups attached to an aromatic ring is 1. The van der Waals surface area contributed by atoms with Gasteiger partial charge in [-0.2, -0.15) is 0 Å². The predicted molar refractivity (Wildman–Crippen MR) is 87.9 cm³/mol. The third-order valence-electron chi connectivity index (χ3n) is 4.76. The molecule has 0 spiro atoms. The Morgan fingerprint density at radius 2 is 2.00 bits per heavy atom. The number of hydrogen-bond acceptors (Lipinski definition) is 4. The minimum absolute atomic E-state index is 0.179. The van der Waals surface area contributed by atoms with Crippen LogP contribution in [0.25, 0.3) is 0 Å². The quantitative estimate of drug-likeness (QED) is 0.925. The maximum atomic E-state index is 13.2. The Labute approximate surface area is 143 Å². The standard InChI is InChI=1S/C18H18F2N4O/c19-14-4-1-10(6-15(14)20)5-11-8-24(9-11)18(25)13-7-22-17(12-2-3-12)23-16(13)21/h1,4,6-7,11-12H,2-3,5,8-9H2,(H2,21,22,23). The highest BCUT2D eigenvalue weighted by Gasteiger charge is 2.33. The summed E-state index contributed by atoms with van der Waals surface area (Å²) in [5.74, 6) is -0.316. The molecular weight excluding hydrogens is 326 g/mol. The van der Waals surface area contributed by atoms with Gasteiger partial charge in [-0.05, 0) is 42.9 Å². The van der Waals surface area contributed by atoms with Gasteiger partial charge < -0.3 is 10.6 Å². The lowest BCUT2D eigenvalue weighted by molar-refractivity contribution is 0.0501. The Bertz CT molecular complexity index is 832. The molecule has 2 N–H and O–H groups in total. The van der Waals surface area contributed by atoms with Crippen LogP contribution in [0, 0.1) is 17.6 Å². The van der Waals surface area contributed by atoms with E-state index in [1.807, 2.05) is 0 Å². The number of anilines is 1. The number of halogens is 2. The van der Waals surface area contributed by atoms with Gasteiger partial charge in [0.2, 0.25) is 0 Å². The van der Waals surface area contributed by atoms with Gasteiger partial charge >= 0.3 is 0 Å². The van der Waals surface area contributed by atoms with Crippen LogP contribution in [0.4, 0.5) is 14.6 Å². The number of rotatable bonds is 4. The van der Waals surface area contributed by atoms with Gasteiger partial charge in [0.1, 0.15) is 17.2 Å². The molecule has 1 aromatic carbocycles. The molecule has 1 saturated heterocycles. The number of benzene rings is 1. The van der Waals surface area contributed by atoms with Crippen molar-refractivity contribution in [1.82, 2.24) is 14.9 Å². The molecule has 2 aliphatic rings. The molecule has 1 saturated carbocycles. The number of nitrogens with two attached hydrogens (primary N) is 1. The fourth-order valence-electron chi connectivity index (χ4n) is 3.15. The van der Waals surface area contributed by atoms with E-state index < -0.39 is 11.6 Å². The number of aromatic nitrogens is 2. The SMILES string of the molecule is Nc1nc(C2CC2)ncc1C(=O)N1CC(Cc2ccc(F)c(F)c2)C1. The summed E-state index contributed by atoms with van der Waals surface area (Å²) in [7, 11) is 0. The third-order valence-corrected chi connectivity index (χ3v) is 4.76. The monoisotopic (exact) mass is 344 g/mol. The minimum atomic E-state index is -0.848. The van der Waals surface area contributed by atoms with E-state index in [9.17, 15) is 13.6 Å². The summed E-state index contributed by atoms with van der Waals surface area (Å²) in [4.78, 5) is 22.7. The second-order valence-electron chi connectivity index (χ2n) is 6.83. The molecule has 130 valence electrons. The highest BCUT2D eigenvalue weighted by molar-refractivity contribution is 5.98. The molecular formula is C18H18F2N4O. The summed E-state index contributed by atoms with van der Waals surface area (Å²) in [6.45, 7) is 1.11. The molecule has 2 aromatic rings. The number of carbonyl (C=O) groups excluding carboxylic acids is 1. The molecule has 1 aromatic heterocycles. The Morgan fingerprint density at radius 1 is 1.24 bits per heavy atom. The highest BCUT2D eigenvalue weighted by Crippen LogP contribution is 2.38. The summed E-state index contributed by atoms with van der Waals surface area (Å²) in [6, 6.07) is 3.92. The van der Waals surface area contributed by atoms with Crippen molar-refractivity contribution in [3.8, 4) is 0 Å². The summed E-state index contributed by atoms with van der Waals surface area (Å²) in [5.41, 5.74) is 6.98. The van der Waals surface area contributed by atoms with Crippen LogP contribution in [0.2, 0.25) is 0 Å². The first-order valence-electron chi connectivity index (χ1n) is 8.37. The van der Waals surface area contributed by atoms with Gasteiger partial charge in [0.05, 0.1) is 0 Å². The van der Waals surface area contributed by atoms with Crippen molar-refractivity contribution in [3.63, 3.8) is 0 Å². The smallest absolute Gasteiger partial charge is 0.259 e.